The van der Waals surface area contributed by atoms with Gasteiger partial charge in [-0.15, -0.1) is 0 Å². The molecule has 2 aliphatic rings. The van der Waals surface area contributed by atoms with E-state index in [9.17, 15) is 4.79 Å². The highest BCUT2D eigenvalue weighted by atomic mass is 16.2. The van der Waals surface area contributed by atoms with Crippen LogP contribution in [0.2, 0.25) is 0 Å². The van der Waals surface area contributed by atoms with Crippen molar-refractivity contribution in [3.63, 3.8) is 0 Å². The first kappa shape index (κ1) is 16.9. The van der Waals surface area contributed by atoms with Crippen molar-refractivity contribution < 1.29 is 4.79 Å². The number of piperidine rings is 1. The SMILES string of the molecule is CCc1cnc(N2CCC3(CCN(C(=O)c4cccnc4)C3)CC2)nc1. The Bertz CT molecular complexity index is 754. The minimum atomic E-state index is 0.107. The number of rotatable bonds is 3. The second kappa shape index (κ2) is 7.02. The third kappa shape index (κ3) is 3.28. The fourth-order valence-corrected chi connectivity index (χ4v) is 4.06. The average Bonchev–Trinajstić information content (AvgIpc) is 3.12. The number of amides is 1. The molecule has 2 saturated heterocycles. The van der Waals surface area contributed by atoms with Gasteiger partial charge in [-0.05, 0) is 48.8 Å². The summed E-state index contributed by atoms with van der Waals surface area (Å²) in [6, 6.07) is 3.67. The molecule has 26 heavy (non-hydrogen) atoms. The highest BCUT2D eigenvalue weighted by Gasteiger charge is 2.42. The number of anilines is 1. The van der Waals surface area contributed by atoms with Crippen LogP contribution in [0.3, 0.4) is 0 Å². The Hall–Kier alpha value is -2.50. The molecule has 136 valence electrons. The summed E-state index contributed by atoms with van der Waals surface area (Å²) in [6.45, 7) is 5.72. The topological polar surface area (TPSA) is 62.2 Å². The lowest BCUT2D eigenvalue weighted by atomic mass is 9.78. The van der Waals surface area contributed by atoms with Crippen LogP contribution in [0, 0.1) is 5.41 Å². The molecule has 6 heteroatoms. The standard InChI is InChI=1S/C20H25N5O/c1-2-16-12-22-19(23-13-16)24-9-5-20(6-10-24)7-11-25(15-20)18(26)17-4-3-8-21-14-17/h3-4,8,12-14H,2,5-7,9-11,15H2,1H3. The molecule has 0 bridgehead atoms. The van der Waals surface area contributed by atoms with E-state index in [0.717, 1.165) is 57.8 Å². The molecule has 4 rings (SSSR count). The van der Waals surface area contributed by atoms with E-state index in [0.29, 0.717) is 5.56 Å². The number of aromatic nitrogens is 3. The summed E-state index contributed by atoms with van der Waals surface area (Å²) < 4.78 is 0. The molecule has 4 heterocycles. The van der Waals surface area contributed by atoms with Crippen LogP contribution >= 0.6 is 0 Å². The lowest BCUT2D eigenvalue weighted by Crippen LogP contribution is -2.43. The molecule has 0 aromatic carbocycles. The molecule has 0 saturated carbocycles. The van der Waals surface area contributed by atoms with Gasteiger partial charge >= 0.3 is 0 Å². The number of carbonyl (C=O) groups is 1. The summed E-state index contributed by atoms with van der Waals surface area (Å²) in [6.07, 6.45) is 11.4. The maximum Gasteiger partial charge on any atom is 0.255 e. The van der Waals surface area contributed by atoms with Crippen molar-refractivity contribution in [2.24, 2.45) is 5.41 Å². The number of hydrogen-bond donors (Lipinski definition) is 0. The number of nitrogens with zero attached hydrogens (tertiary/aromatic N) is 5. The van der Waals surface area contributed by atoms with Crippen LogP contribution < -0.4 is 4.90 Å². The first-order valence-corrected chi connectivity index (χ1v) is 9.44. The summed E-state index contributed by atoms with van der Waals surface area (Å²) in [5.74, 6) is 0.939. The molecule has 2 aliphatic heterocycles. The van der Waals surface area contributed by atoms with Crippen molar-refractivity contribution in [3.05, 3.63) is 48.0 Å². The molecular formula is C20H25N5O. The highest BCUT2D eigenvalue weighted by Crippen LogP contribution is 2.41. The van der Waals surface area contributed by atoms with Gasteiger partial charge in [-0.25, -0.2) is 9.97 Å². The summed E-state index contributed by atoms with van der Waals surface area (Å²) in [7, 11) is 0. The Morgan fingerprint density at radius 3 is 2.50 bits per heavy atom. The predicted molar refractivity (Wildman–Crippen MR) is 100 cm³/mol. The fourth-order valence-electron chi connectivity index (χ4n) is 4.06. The molecular weight excluding hydrogens is 326 g/mol. The first-order valence-electron chi connectivity index (χ1n) is 9.44. The second-order valence-electron chi connectivity index (χ2n) is 7.45. The van der Waals surface area contributed by atoms with E-state index in [4.69, 9.17) is 0 Å². The zero-order valence-electron chi connectivity index (χ0n) is 15.3. The molecule has 2 fully saturated rings. The van der Waals surface area contributed by atoms with Crippen LogP contribution in [-0.2, 0) is 6.42 Å². The molecule has 0 N–H and O–H groups in total. The van der Waals surface area contributed by atoms with Gasteiger partial charge in [0.25, 0.3) is 5.91 Å². The van der Waals surface area contributed by atoms with Crippen LogP contribution in [0.25, 0.3) is 0 Å². The van der Waals surface area contributed by atoms with Crippen LogP contribution in [0.5, 0.6) is 0 Å². The molecule has 0 aliphatic carbocycles. The van der Waals surface area contributed by atoms with E-state index in [1.807, 2.05) is 29.4 Å². The van der Waals surface area contributed by atoms with Crippen molar-refractivity contribution in [2.75, 3.05) is 31.1 Å². The van der Waals surface area contributed by atoms with Crippen LogP contribution in [-0.4, -0.2) is 51.9 Å². The van der Waals surface area contributed by atoms with Gasteiger partial charge in [-0.1, -0.05) is 6.92 Å². The van der Waals surface area contributed by atoms with E-state index in [1.165, 1.54) is 5.56 Å². The Morgan fingerprint density at radius 2 is 1.85 bits per heavy atom. The van der Waals surface area contributed by atoms with Crippen LogP contribution in [0.1, 0.15) is 42.1 Å². The van der Waals surface area contributed by atoms with Gasteiger partial charge < -0.3 is 9.80 Å². The Kier molecular flexibility index (Phi) is 4.57. The first-order chi connectivity index (χ1) is 12.7. The lowest BCUT2D eigenvalue weighted by Gasteiger charge is -2.39. The van der Waals surface area contributed by atoms with Crippen molar-refractivity contribution >= 4 is 11.9 Å². The Morgan fingerprint density at radius 1 is 1.12 bits per heavy atom. The summed E-state index contributed by atoms with van der Waals surface area (Å²) in [5, 5.41) is 0. The highest BCUT2D eigenvalue weighted by molar-refractivity contribution is 5.94. The summed E-state index contributed by atoms with van der Waals surface area (Å²) in [4.78, 5) is 30.0. The van der Waals surface area contributed by atoms with Gasteiger partial charge in [-0.3, -0.25) is 9.78 Å². The maximum absolute atomic E-state index is 12.7. The third-order valence-electron chi connectivity index (χ3n) is 5.84. The van der Waals surface area contributed by atoms with Crippen LogP contribution in [0.4, 0.5) is 5.95 Å². The van der Waals surface area contributed by atoms with Crippen molar-refractivity contribution in [2.45, 2.75) is 32.6 Å². The summed E-state index contributed by atoms with van der Waals surface area (Å²) in [5.41, 5.74) is 2.10. The number of likely N-dealkylation sites (tertiary alicyclic amines) is 1. The van der Waals surface area contributed by atoms with Gasteiger partial charge in [0.1, 0.15) is 0 Å². The largest absolute Gasteiger partial charge is 0.341 e. The summed E-state index contributed by atoms with van der Waals surface area (Å²) >= 11 is 0. The van der Waals surface area contributed by atoms with Crippen molar-refractivity contribution in [1.29, 1.82) is 0 Å². The van der Waals surface area contributed by atoms with Gasteiger partial charge in [0.05, 0.1) is 5.56 Å². The lowest BCUT2D eigenvalue weighted by molar-refractivity contribution is 0.0764. The zero-order valence-corrected chi connectivity index (χ0v) is 15.3. The zero-order chi connectivity index (χ0) is 18.0. The Labute approximate surface area is 154 Å². The number of carbonyl (C=O) groups excluding carboxylic acids is 1. The molecule has 2 aromatic rings. The van der Waals surface area contributed by atoms with Crippen LogP contribution in [0.15, 0.2) is 36.9 Å². The predicted octanol–water partition coefficient (Wildman–Crippen LogP) is 2.57. The van der Waals surface area contributed by atoms with E-state index < -0.39 is 0 Å². The second-order valence-corrected chi connectivity index (χ2v) is 7.45. The number of hydrogen-bond acceptors (Lipinski definition) is 5. The minimum absolute atomic E-state index is 0.107. The monoisotopic (exact) mass is 351 g/mol. The van der Waals surface area contributed by atoms with Crippen molar-refractivity contribution in [1.82, 2.24) is 19.9 Å². The maximum atomic E-state index is 12.7. The van der Waals surface area contributed by atoms with Gasteiger partial charge in [0, 0.05) is 51.0 Å². The van der Waals surface area contributed by atoms with Gasteiger partial charge in [0.2, 0.25) is 5.95 Å². The molecule has 0 atom stereocenters. The van der Waals surface area contributed by atoms with E-state index in [-0.39, 0.29) is 11.3 Å². The van der Waals surface area contributed by atoms with E-state index in [1.54, 1.807) is 12.4 Å². The molecule has 6 nitrogen and oxygen atoms in total. The van der Waals surface area contributed by atoms with Gasteiger partial charge in [0.15, 0.2) is 0 Å². The van der Waals surface area contributed by atoms with E-state index >= 15 is 0 Å². The minimum Gasteiger partial charge on any atom is -0.341 e. The number of aryl methyl sites for hydroxylation is 1. The van der Waals surface area contributed by atoms with E-state index in [2.05, 4.69) is 26.8 Å². The number of pyridine rings is 1. The quantitative estimate of drug-likeness (QED) is 0.850. The smallest absolute Gasteiger partial charge is 0.255 e. The van der Waals surface area contributed by atoms with Crippen molar-refractivity contribution in [3.8, 4) is 0 Å². The molecule has 0 radical (unpaired) electrons. The molecule has 0 unspecified atom stereocenters. The Balaban J connectivity index is 1.37. The average molecular weight is 351 g/mol. The normalized spacial score (nSPS) is 19.1. The van der Waals surface area contributed by atoms with Gasteiger partial charge in [-0.2, -0.15) is 0 Å². The molecule has 1 amide bonds. The molecule has 1 spiro atoms. The fraction of sp³-hybridized carbons (Fsp3) is 0.500. The molecule has 2 aromatic heterocycles. The third-order valence-corrected chi connectivity index (χ3v) is 5.84.